The third-order valence-electron chi connectivity index (χ3n) is 5.21. The van der Waals surface area contributed by atoms with Crippen molar-refractivity contribution in [3.8, 4) is 0 Å². The standard InChI is InChI=1S/C22H30NO4P/c1-17-9-11-21-19(15-17)20-16-18(2)10-12-22(20)23(21)13-7-5-3-4-6-8-14-27-28(24,25)26/h9-12,15-16H,3-8,13-14H2,1-2H3,(H2,24,25,26). The van der Waals surface area contributed by atoms with Gasteiger partial charge in [0.2, 0.25) is 0 Å². The first-order valence-electron chi connectivity index (χ1n) is 10.0. The molecule has 0 saturated heterocycles. The van der Waals surface area contributed by atoms with Gasteiger partial charge in [-0.1, -0.05) is 48.9 Å². The van der Waals surface area contributed by atoms with Gasteiger partial charge in [0, 0.05) is 28.4 Å². The first-order chi connectivity index (χ1) is 13.3. The predicted octanol–water partition coefficient (Wildman–Crippen LogP) is 5.86. The molecular formula is C22H30NO4P. The summed E-state index contributed by atoms with van der Waals surface area (Å²) in [6.45, 7) is 5.42. The minimum absolute atomic E-state index is 0.129. The normalized spacial score (nSPS) is 12.3. The average molecular weight is 403 g/mol. The van der Waals surface area contributed by atoms with Crippen molar-refractivity contribution in [1.82, 2.24) is 4.57 Å². The van der Waals surface area contributed by atoms with Crippen LogP contribution in [0, 0.1) is 13.8 Å². The molecule has 0 amide bonds. The maximum absolute atomic E-state index is 10.6. The Morgan fingerprint density at radius 3 is 1.86 bits per heavy atom. The molecule has 5 nitrogen and oxygen atoms in total. The Hall–Kier alpha value is -1.65. The maximum atomic E-state index is 10.6. The third-order valence-corrected chi connectivity index (χ3v) is 5.73. The van der Waals surface area contributed by atoms with Crippen molar-refractivity contribution in [2.45, 2.75) is 58.9 Å². The quantitative estimate of drug-likeness (QED) is 0.328. The van der Waals surface area contributed by atoms with Crippen molar-refractivity contribution < 1.29 is 18.9 Å². The molecule has 0 radical (unpaired) electrons. The minimum Gasteiger partial charge on any atom is -0.340 e. The zero-order valence-corrected chi connectivity index (χ0v) is 17.6. The number of nitrogens with zero attached hydrogens (tertiary/aromatic N) is 1. The minimum atomic E-state index is -4.31. The molecule has 1 aromatic heterocycles. The molecule has 1 heterocycles. The van der Waals surface area contributed by atoms with Gasteiger partial charge in [-0.15, -0.1) is 0 Å². The number of unbranched alkanes of at least 4 members (excludes halogenated alkanes) is 5. The van der Waals surface area contributed by atoms with Crippen molar-refractivity contribution >= 4 is 29.6 Å². The summed E-state index contributed by atoms with van der Waals surface area (Å²) >= 11 is 0. The number of phosphoric acid groups is 1. The van der Waals surface area contributed by atoms with E-state index in [1.165, 1.54) is 32.9 Å². The van der Waals surface area contributed by atoms with E-state index in [1.54, 1.807) is 0 Å². The van der Waals surface area contributed by atoms with Crippen LogP contribution >= 0.6 is 7.82 Å². The van der Waals surface area contributed by atoms with E-state index >= 15 is 0 Å². The molecule has 0 aliphatic carbocycles. The summed E-state index contributed by atoms with van der Waals surface area (Å²) in [6.07, 6.45) is 6.10. The van der Waals surface area contributed by atoms with E-state index in [0.29, 0.717) is 6.42 Å². The number of aromatic nitrogens is 1. The number of hydrogen-bond acceptors (Lipinski definition) is 2. The molecule has 0 spiro atoms. The molecule has 6 heteroatoms. The topological polar surface area (TPSA) is 71.7 Å². The second-order valence-electron chi connectivity index (χ2n) is 7.64. The SMILES string of the molecule is Cc1ccc2c(c1)c1cc(C)ccc1n2CCCCCCCCOP(=O)(O)O. The predicted molar refractivity (Wildman–Crippen MR) is 115 cm³/mol. The largest absolute Gasteiger partial charge is 0.469 e. The lowest BCUT2D eigenvalue weighted by atomic mass is 10.1. The van der Waals surface area contributed by atoms with Gasteiger partial charge in [0.1, 0.15) is 0 Å². The molecule has 152 valence electrons. The molecule has 0 fully saturated rings. The van der Waals surface area contributed by atoms with Crippen molar-refractivity contribution in [3.63, 3.8) is 0 Å². The van der Waals surface area contributed by atoms with E-state index in [-0.39, 0.29) is 6.61 Å². The van der Waals surface area contributed by atoms with E-state index < -0.39 is 7.82 Å². The Labute approximate surface area is 166 Å². The molecule has 0 saturated carbocycles. The number of fused-ring (bicyclic) bond motifs is 3. The Morgan fingerprint density at radius 1 is 0.821 bits per heavy atom. The smallest absolute Gasteiger partial charge is 0.340 e. The Balaban J connectivity index is 1.54. The highest BCUT2D eigenvalue weighted by Gasteiger charge is 2.12. The van der Waals surface area contributed by atoms with Crippen LogP contribution in [0.15, 0.2) is 36.4 Å². The Kier molecular flexibility index (Phi) is 6.95. The second-order valence-corrected chi connectivity index (χ2v) is 8.88. The maximum Gasteiger partial charge on any atom is 0.469 e. The van der Waals surface area contributed by atoms with Gasteiger partial charge in [-0.05, 0) is 51.0 Å². The molecule has 3 rings (SSSR count). The number of phosphoric ester groups is 1. The molecule has 28 heavy (non-hydrogen) atoms. The molecule has 0 aliphatic rings. The fourth-order valence-corrected chi connectivity index (χ4v) is 4.20. The zero-order chi connectivity index (χ0) is 20.1. The number of hydrogen-bond donors (Lipinski definition) is 2. The van der Waals surface area contributed by atoms with Crippen LogP contribution in [0.3, 0.4) is 0 Å². The summed E-state index contributed by atoms with van der Waals surface area (Å²) in [5, 5.41) is 2.67. The summed E-state index contributed by atoms with van der Waals surface area (Å²) in [5.41, 5.74) is 5.19. The van der Waals surface area contributed by atoms with E-state index in [2.05, 4.69) is 59.3 Å². The van der Waals surface area contributed by atoms with Crippen LogP contribution in [-0.2, 0) is 15.6 Å². The van der Waals surface area contributed by atoms with Crippen LogP contribution in [0.4, 0.5) is 0 Å². The highest BCUT2D eigenvalue weighted by atomic mass is 31.2. The first kappa shape index (κ1) is 21.1. The fraction of sp³-hybridized carbons (Fsp3) is 0.455. The molecular weight excluding hydrogens is 373 g/mol. The van der Waals surface area contributed by atoms with Crippen LogP contribution < -0.4 is 0 Å². The Morgan fingerprint density at radius 2 is 1.32 bits per heavy atom. The molecule has 2 aromatic carbocycles. The summed E-state index contributed by atoms with van der Waals surface area (Å²) in [5.74, 6) is 0. The molecule has 3 aromatic rings. The fourth-order valence-electron chi connectivity index (χ4n) is 3.84. The number of rotatable bonds is 10. The van der Waals surface area contributed by atoms with Crippen molar-refractivity contribution in [2.24, 2.45) is 0 Å². The van der Waals surface area contributed by atoms with Crippen LogP contribution in [0.25, 0.3) is 21.8 Å². The van der Waals surface area contributed by atoms with Gasteiger partial charge in [-0.3, -0.25) is 4.52 Å². The van der Waals surface area contributed by atoms with Crippen molar-refractivity contribution in [3.05, 3.63) is 47.5 Å². The molecule has 2 N–H and O–H groups in total. The van der Waals surface area contributed by atoms with Gasteiger partial charge in [0.05, 0.1) is 6.61 Å². The van der Waals surface area contributed by atoms with Crippen molar-refractivity contribution in [1.29, 1.82) is 0 Å². The Bertz CT molecular complexity index is 930. The number of benzene rings is 2. The van der Waals surface area contributed by atoms with Gasteiger partial charge in [-0.2, -0.15) is 0 Å². The molecule has 0 aliphatic heterocycles. The number of aryl methyl sites for hydroxylation is 3. The zero-order valence-electron chi connectivity index (χ0n) is 16.7. The highest BCUT2D eigenvalue weighted by Crippen LogP contribution is 2.35. The van der Waals surface area contributed by atoms with Crippen LogP contribution in [0.2, 0.25) is 0 Å². The molecule has 0 atom stereocenters. The summed E-state index contributed by atoms with van der Waals surface area (Å²) in [4.78, 5) is 17.3. The van der Waals surface area contributed by atoms with Crippen molar-refractivity contribution in [2.75, 3.05) is 6.61 Å². The third kappa shape index (κ3) is 5.45. The first-order valence-corrected chi connectivity index (χ1v) is 11.6. The summed E-state index contributed by atoms with van der Waals surface area (Å²) in [7, 11) is -4.31. The molecule has 0 unspecified atom stereocenters. The van der Waals surface area contributed by atoms with E-state index in [0.717, 1.165) is 38.6 Å². The van der Waals surface area contributed by atoms with Gasteiger partial charge in [0.25, 0.3) is 0 Å². The van der Waals surface area contributed by atoms with Crippen LogP contribution in [0.5, 0.6) is 0 Å². The average Bonchev–Trinajstić information content (AvgIpc) is 2.92. The highest BCUT2D eigenvalue weighted by molar-refractivity contribution is 7.46. The molecule has 0 bridgehead atoms. The van der Waals surface area contributed by atoms with Crippen LogP contribution in [-0.4, -0.2) is 21.0 Å². The summed E-state index contributed by atoms with van der Waals surface area (Å²) < 4.78 is 17.5. The second kappa shape index (κ2) is 9.23. The van der Waals surface area contributed by atoms with Gasteiger partial charge in [0.15, 0.2) is 0 Å². The lowest BCUT2D eigenvalue weighted by Gasteiger charge is -2.08. The summed E-state index contributed by atoms with van der Waals surface area (Å²) in [6, 6.07) is 13.4. The van der Waals surface area contributed by atoms with E-state index in [9.17, 15) is 4.57 Å². The lowest BCUT2D eigenvalue weighted by Crippen LogP contribution is -1.98. The van der Waals surface area contributed by atoms with Crippen LogP contribution in [0.1, 0.15) is 49.7 Å². The van der Waals surface area contributed by atoms with Gasteiger partial charge >= 0.3 is 7.82 Å². The van der Waals surface area contributed by atoms with Gasteiger partial charge < -0.3 is 14.4 Å². The monoisotopic (exact) mass is 403 g/mol. The van der Waals surface area contributed by atoms with E-state index in [4.69, 9.17) is 9.79 Å². The van der Waals surface area contributed by atoms with E-state index in [1.807, 2.05) is 0 Å². The van der Waals surface area contributed by atoms with Gasteiger partial charge in [-0.25, -0.2) is 4.57 Å². The lowest BCUT2D eigenvalue weighted by molar-refractivity contribution is 0.193.